The molecule has 348 valence electrons. The molecule has 73 heavy (non-hydrogen) atoms. The van der Waals surface area contributed by atoms with Crippen molar-refractivity contribution in [2.24, 2.45) is 0 Å². The summed E-state index contributed by atoms with van der Waals surface area (Å²) in [7, 11) is 0. The lowest BCUT2D eigenvalue weighted by Gasteiger charge is -2.43. The van der Waals surface area contributed by atoms with E-state index in [-0.39, 0.29) is 47.3 Å². The van der Waals surface area contributed by atoms with Gasteiger partial charge in [0.1, 0.15) is 11.3 Å². The van der Waals surface area contributed by atoms with Crippen molar-refractivity contribution in [2.75, 3.05) is 4.90 Å². The van der Waals surface area contributed by atoms with Crippen LogP contribution in [0, 0.1) is 0 Å². The van der Waals surface area contributed by atoms with Crippen molar-refractivity contribution < 1.29 is 14.6 Å². The fourth-order valence-electron chi connectivity index (χ4n) is 12.8. The van der Waals surface area contributed by atoms with Crippen LogP contribution in [0.15, 0.2) is 217 Å². The fraction of sp³-hybridized carbons (Fsp3) is 0.118. The molecule has 3 aliphatic rings. The second-order valence-corrected chi connectivity index (χ2v) is 21.5. The lowest BCUT2D eigenvalue weighted by molar-refractivity contribution is 0.333. The van der Waals surface area contributed by atoms with Gasteiger partial charge in [0, 0.05) is 44.2 Å². The number of anilines is 3. The topological polar surface area (TPSA) is 30.5 Å². The van der Waals surface area contributed by atoms with Gasteiger partial charge < -0.3 is 18.6 Å². The summed E-state index contributed by atoms with van der Waals surface area (Å²) < 4.78 is 51.6. The minimum atomic E-state index is -0.356. The van der Waals surface area contributed by atoms with E-state index in [2.05, 4.69) is 213 Å². The summed E-state index contributed by atoms with van der Waals surface area (Å²) in [5.41, 5.74) is 19.3. The molecule has 0 N–H and O–H groups in total. The van der Waals surface area contributed by atoms with E-state index in [0.29, 0.717) is 27.9 Å². The summed E-state index contributed by atoms with van der Waals surface area (Å²) in [6.45, 7) is 9.26. The van der Waals surface area contributed by atoms with Crippen molar-refractivity contribution in [3.8, 4) is 50.6 Å². The Balaban J connectivity index is 1.07. The molecule has 0 saturated carbocycles. The Kier molecular flexibility index (Phi) is 8.10. The average molecular weight is 943 g/mol. The zero-order chi connectivity index (χ0) is 52.2. The van der Waals surface area contributed by atoms with Crippen molar-refractivity contribution in [2.45, 2.75) is 51.4 Å². The van der Waals surface area contributed by atoms with Crippen LogP contribution in [0.1, 0.15) is 57.1 Å². The summed E-state index contributed by atoms with van der Waals surface area (Å²) in [6.07, 6.45) is 2.25. The van der Waals surface area contributed by atoms with E-state index in [1.54, 1.807) is 0 Å². The van der Waals surface area contributed by atoms with E-state index in [4.69, 9.17) is 14.6 Å². The van der Waals surface area contributed by atoms with Crippen molar-refractivity contribution in [1.82, 2.24) is 4.57 Å². The normalized spacial score (nSPS) is 15.8. The molecule has 0 amide bonds. The van der Waals surface area contributed by atoms with Crippen LogP contribution in [0.4, 0.5) is 17.1 Å². The molecule has 2 aromatic heterocycles. The molecule has 0 fully saturated rings. The molecule has 5 heteroatoms. The van der Waals surface area contributed by atoms with E-state index in [1.165, 1.54) is 22.3 Å². The number of hydrogen-bond acceptors (Lipinski definition) is 3. The molecule has 0 unspecified atom stereocenters. The van der Waals surface area contributed by atoms with Gasteiger partial charge in [-0.05, 0) is 134 Å². The highest BCUT2D eigenvalue weighted by atomic mass is 16.5. The fourth-order valence-corrected chi connectivity index (χ4v) is 12.8. The zero-order valence-corrected chi connectivity index (χ0v) is 41.1. The maximum Gasteiger partial charge on any atom is 0.256 e. The standard InChI is InChI=1S/C68H51BN2O2/c1-67(2)35-36-68(3,4)63-47(27-18-28-53(63)67)44-31-34-57(51(37-44)43-21-10-6-11-22-43)71-59-41-58-52(48-25-14-16-29-56(48)70(58)46-23-12-7-13-24-46)40-55(59)69-54-33-32-50-49-26-15-17-30-61(49)72-65(50)66(54)73-62-39-45(38-60(71)64(62)69)42-19-8-5-9-20-42/h5-34,37-41H,35-36H2,1-4H3/i15D,17D,26D,30D. The third-order valence-corrected chi connectivity index (χ3v) is 16.4. The third kappa shape index (κ3) is 6.21. The van der Waals surface area contributed by atoms with Gasteiger partial charge in [0.15, 0.2) is 11.3 Å². The van der Waals surface area contributed by atoms with Gasteiger partial charge in [0.05, 0.1) is 22.2 Å². The number of nitrogens with zero attached hydrogens (tertiary/aromatic N) is 2. The zero-order valence-electron chi connectivity index (χ0n) is 45.1. The number of ether oxygens (including phenoxy) is 1. The Labute approximate surface area is 431 Å². The molecule has 0 saturated heterocycles. The Morgan fingerprint density at radius 3 is 2.07 bits per heavy atom. The quantitative estimate of drug-likeness (QED) is 0.161. The van der Waals surface area contributed by atoms with Crippen LogP contribution < -0.4 is 26.0 Å². The summed E-state index contributed by atoms with van der Waals surface area (Å²) in [5.74, 6) is 1.18. The highest BCUT2D eigenvalue weighted by Crippen LogP contribution is 2.53. The van der Waals surface area contributed by atoms with E-state index >= 15 is 0 Å². The minimum absolute atomic E-state index is 0.0141. The number of furan rings is 1. The molecular formula is C68H51BN2O2. The Morgan fingerprint density at radius 1 is 0.507 bits per heavy atom. The molecule has 10 aromatic carbocycles. The number of para-hydroxylation sites is 3. The second kappa shape index (κ2) is 15.5. The number of aromatic nitrogens is 1. The van der Waals surface area contributed by atoms with Crippen LogP contribution in [0.5, 0.6) is 11.5 Å². The van der Waals surface area contributed by atoms with Gasteiger partial charge in [-0.15, -0.1) is 0 Å². The van der Waals surface area contributed by atoms with Gasteiger partial charge in [0.25, 0.3) is 6.71 Å². The van der Waals surface area contributed by atoms with E-state index in [9.17, 15) is 0 Å². The third-order valence-electron chi connectivity index (χ3n) is 16.4. The predicted molar refractivity (Wildman–Crippen MR) is 306 cm³/mol. The maximum absolute atomic E-state index is 9.04. The van der Waals surface area contributed by atoms with Gasteiger partial charge in [-0.1, -0.05) is 185 Å². The number of benzene rings is 10. The predicted octanol–water partition coefficient (Wildman–Crippen LogP) is 16.4. The molecular weight excluding hydrogens is 888 g/mol. The summed E-state index contributed by atoms with van der Waals surface area (Å²) in [6, 6.07) is 66.9. The monoisotopic (exact) mass is 942 g/mol. The largest absolute Gasteiger partial charge is 0.454 e. The Hall–Kier alpha value is -8.54. The van der Waals surface area contributed by atoms with Crippen molar-refractivity contribution >= 4 is 83.9 Å². The Morgan fingerprint density at radius 2 is 1.25 bits per heavy atom. The van der Waals surface area contributed by atoms with Crippen LogP contribution in [-0.4, -0.2) is 11.3 Å². The van der Waals surface area contributed by atoms with E-state index in [0.717, 1.165) is 96.0 Å². The molecule has 2 aliphatic heterocycles. The highest BCUT2D eigenvalue weighted by molar-refractivity contribution is 6.99. The van der Waals surface area contributed by atoms with Gasteiger partial charge >= 0.3 is 0 Å². The minimum Gasteiger partial charge on any atom is -0.454 e. The first-order valence-corrected chi connectivity index (χ1v) is 25.5. The van der Waals surface area contributed by atoms with Crippen molar-refractivity contribution in [3.63, 3.8) is 0 Å². The SMILES string of the molecule is [2H]c1c([2H])c([2H])c2c(oc3c4c(ccc32)B2c3cc5c6ccccc6n(-c6ccccc6)c5cc3N(c3ccc(-c5cccc6c5C(C)(C)CCC6(C)C)cc3-c3ccccc3)c3cc(-c5ccccc5)cc(c32)O4)c1[2H]. The first-order valence-electron chi connectivity index (χ1n) is 27.5. The van der Waals surface area contributed by atoms with E-state index < -0.39 is 0 Å². The van der Waals surface area contributed by atoms with Gasteiger partial charge in [-0.25, -0.2) is 0 Å². The van der Waals surface area contributed by atoms with Crippen LogP contribution >= 0.6 is 0 Å². The molecule has 15 rings (SSSR count). The highest BCUT2D eigenvalue weighted by Gasteiger charge is 2.45. The first kappa shape index (κ1) is 38.2. The summed E-state index contributed by atoms with van der Waals surface area (Å²) in [5, 5.41) is 3.18. The molecule has 12 aromatic rings. The number of fused-ring (bicyclic) bond motifs is 12. The van der Waals surface area contributed by atoms with E-state index in [1.807, 2.05) is 12.1 Å². The Bertz CT molecular complexity index is 4490. The molecule has 0 spiro atoms. The number of rotatable bonds is 5. The smallest absolute Gasteiger partial charge is 0.256 e. The molecule has 0 bridgehead atoms. The van der Waals surface area contributed by atoms with Gasteiger partial charge in [-0.2, -0.15) is 0 Å². The summed E-state index contributed by atoms with van der Waals surface area (Å²) >= 11 is 0. The van der Waals surface area contributed by atoms with Crippen LogP contribution in [0.25, 0.3) is 82.8 Å². The van der Waals surface area contributed by atoms with Crippen LogP contribution in [0.2, 0.25) is 0 Å². The van der Waals surface area contributed by atoms with Gasteiger partial charge in [-0.3, -0.25) is 0 Å². The maximum atomic E-state index is 9.04. The summed E-state index contributed by atoms with van der Waals surface area (Å²) in [4.78, 5) is 2.49. The average Bonchev–Trinajstić information content (AvgIpc) is 4.24. The molecule has 4 nitrogen and oxygen atoms in total. The molecule has 4 heterocycles. The van der Waals surface area contributed by atoms with Crippen molar-refractivity contribution in [1.29, 1.82) is 0 Å². The first-order chi connectivity index (χ1) is 37.4. The lowest BCUT2D eigenvalue weighted by Crippen LogP contribution is -2.59. The van der Waals surface area contributed by atoms with Gasteiger partial charge in [0.2, 0.25) is 0 Å². The van der Waals surface area contributed by atoms with Crippen LogP contribution in [-0.2, 0) is 10.8 Å². The van der Waals surface area contributed by atoms with Crippen molar-refractivity contribution in [3.05, 3.63) is 223 Å². The molecule has 0 atom stereocenters. The molecule has 1 aliphatic carbocycles. The lowest BCUT2D eigenvalue weighted by atomic mass is 9.34. The van der Waals surface area contributed by atoms with Crippen LogP contribution in [0.3, 0.4) is 0 Å². The number of hydrogen-bond donors (Lipinski definition) is 0. The molecule has 0 radical (unpaired) electrons. The second-order valence-electron chi connectivity index (χ2n) is 21.5.